The van der Waals surface area contributed by atoms with Crippen LogP contribution in [0.1, 0.15) is 90.4 Å². The number of carbonyl (C=O) groups is 1. The monoisotopic (exact) mass is 465 g/mol. The predicted octanol–water partition coefficient (Wildman–Crippen LogP) is 6.40. The van der Waals surface area contributed by atoms with Gasteiger partial charge in [-0.2, -0.15) is 5.26 Å². The fourth-order valence-corrected chi connectivity index (χ4v) is 5.46. The van der Waals surface area contributed by atoms with Gasteiger partial charge in [-0.15, -0.1) is 0 Å². The summed E-state index contributed by atoms with van der Waals surface area (Å²) in [4.78, 5) is 24.1. The minimum Gasteiger partial charge on any atom is -0.326 e. The summed E-state index contributed by atoms with van der Waals surface area (Å²) < 4.78 is 0. The first-order chi connectivity index (χ1) is 17.2. The van der Waals surface area contributed by atoms with E-state index in [0.717, 1.165) is 30.5 Å². The van der Waals surface area contributed by atoms with Crippen LogP contribution in [0.3, 0.4) is 0 Å². The number of anilines is 1. The summed E-state index contributed by atoms with van der Waals surface area (Å²) in [6.45, 7) is 0. The van der Waals surface area contributed by atoms with Crippen LogP contribution in [0.4, 0.5) is 5.69 Å². The SMILES string of the molecule is N#Cc1cnc(C(=O)Nc2ccc(C3CCC(Cc4ccccn4)CC3)cc2C2=CCCCC2)[nH]1. The third-order valence-electron chi connectivity index (χ3n) is 7.38. The van der Waals surface area contributed by atoms with Gasteiger partial charge in [-0.25, -0.2) is 4.98 Å². The molecule has 1 amide bonds. The molecule has 35 heavy (non-hydrogen) atoms. The molecule has 2 N–H and O–H groups in total. The lowest BCUT2D eigenvalue weighted by molar-refractivity contribution is 0.101. The Bertz CT molecular complexity index is 1250. The van der Waals surface area contributed by atoms with Crippen molar-refractivity contribution in [2.45, 2.75) is 63.7 Å². The Morgan fingerprint density at radius 2 is 2.00 bits per heavy atom. The van der Waals surface area contributed by atoms with Crippen LogP contribution < -0.4 is 5.32 Å². The highest BCUT2D eigenvalue weighted by Crippen LogP contribution is 2.40. The standard InChI is InChI=1S/C29H31N5O/c30-18-25-19-32-28(33-25)29(35)34-27-14-13-23(17-26(27)22-6-2-1-3-7-22)21-11-9-20(10-12-21)16-24-8-4-5-15-31-24/h4-6,8,13-15,17,19-21H,1-3,7,9-12,16H2,(H,32,33)(H,34,35). The van der Waals surface area contributed by atoms with Gasteiger partial charge in [0.25, 0.3) is 5.91 Å². The number of amides is 1. The summed E-state index contributed by atoms with van der Waals surface area (Å²) >= 11 is 0. The third-order valence-corrected chi connectivity index (χ3v) is 7.38. The van der Waals surface area contributed by atoms with E-state index < -0.39 is 0 Å². The highest BCUT2D eigenvalue weighted by molar-refractivity contribution is 6.03. The molecule has 2 aromatic heterocycles. The number of nitriles is 1. The smallest absolute Gasteiger partial charge is 0.291 e. The van der Waals surface area contributed by atoms with Gasteiger partial charge < -0.3 is 10.3 Å². The molecule has 1 fully saturated rings. The van der Waals surface area contributed by atoms with Crippen molar-refractivity contribution >= 4 is 17.2 Å². The minimum absolute atomic E-state index is 0.153. The normalized spacial score (nSPS) is 20.0. The van der Waals surface area contributed by atoms with Crippen LogP contribution in [-0.2, 0) is 6.42 Å². The van der Waals surface area contributed by atoms with Crippen molar-refractivity contribution in [1.29, 1.82) is 5.26 Å². The molecular weight excluding hydrogens is 434 g/mol. The Morgan fingerprint density at radius 3 is 2.71 bits per heavy atom. The summed E-state index contributed by atoms with van der Waals surface area (Å²) in [5.74, 6) is 1.07. The van der Waals surface area contributed by atoms with Gasteiger partial charge in [-0.3, -0.25) is 9.78 Å². The second kappa shape index (κ2) is 10.7. The molecule has 0 bridgehead atoms. The number of hydrogen-bond donors (Lipinski definition) is 2. The lowest BCUT2D eigenvalue weighted by atomic mass is 9.76. The molecule has 0 atom stereocenters. The maximum atomic E-state index is 12.8. The molecule has 3 aromatic rings. The van der Waals surface area contributed by atoms with Crippen LogP contribution in [0.15, 0.2) is 54.9 Å². The van der Waals surface area contributed by atoms with E-state index in [0.29, 0.717) is 11.8 Å². The highest BCUT2D eigenvalue weighted by Gasteiger charge is 2.24. The van der Waals surface area contributed by atoms with Crippen LogP contribution in [0.2, 0.25) is 0 Å². The molecule has 1 saturated carbocycles. The first-order valence-corrected chi connectivity index (χ1v) is 12.7. The molecular formula is C29H31N5O. The molecule has 0 saturated heterocycles. The molecule has 2 aliphatic carbocycles. The van der Waals surface area contributed by atoms with Gasteiger partial charge in [0.15, 0.2) is 5.82 Å². The number of H-pyrrole nitrogens is 1. The zero-order valence-corrected chi connectivity index (χ0v) is 20.0. The molecule has 6 heteroatoms. The Kier molecular flexibility index (Phi) is 7.04. The van der Waals surface area contributed by atoms with Crippen molar-refractivity contribution in [1.82, 2.24) is 15.0 Å². The Morgan fingerprint density at radius 1 is 1.11 bits per heavy atom. The number of allylic oxidation sites excluding steroid dienone is 2. The molecule has 2 aliphatic rings. The number of nitrogens with one attached hydrogen (secondary N) is 2. The van der Waals surface area contributed by atoms with Gasteiger partial charge in [-0.1, -0.05) is 18.2 Å². The number of hydrogen-bond acceptors (Lipinski definition) is 4. The Balaban J connectivity index is 1.32. The van der Waals surface area contributed by atoms with Gasteiger partial charge in [0.1, 0.15) is 11.8 Å². The van der Waals surface area contributed by atoms with Crippen molar-refractivity contribution < 1.29 is 4.79 Å². The highest BCUT2D eigenvalue weighted by atomic mass is 16.2. The maximum Gasteiger partial charge on any atom is 0.291 e. The zero-order chi connectivity index (χ0) is 24.0. The molecule has 0 aliphatic heterocycles. The fourth-order valence-electron chi connectivity index (χ4n) is 5.46. The van der Waals surface area contributed by atoms with Gasteiger partial charge in [0.05, 0.1) is 6.20 Å². The second-order valence-corrected chi connectivity index (χ2v) is 9.73. The first kappa shape index (κ1) is 23.0. The van der Waals surface area contributed by atoms with Crippen molar-refractivity contribution in [3.8, 4) is 6.07 Å². The summed E-state index contributed by atoms with van der Waals surface area (Å²) in [5, 5.41) is 12.1. The second-order valence-electron chi connectivity index (χ2n) is 9.73. The van der Waals surface area contributed by atoms with Crippen molar-refractivity contribution in [3.05, 3.63) is 83.2 Å². The summed E-state index contributed by atoms with van der Waals surface area (Å²) in [5.41, 5.74) is 6.09. The predicted molar refractivity (Wildman–Crippen MR) is 137 cm³/mol. The molecule has 6 nitrogen and oxygen atoms in total. The van der Waals surface area contributed by atoms with E-state index in [2.05, 4.69) is 50.6 Å². The van der Waals surface area contributed by atoms with Crippen LogP contribution >= 0.6 is 0 Å². The number of nitrogens with zero attached hydrogens (tertiary/aromatic N) is 3. The average Bonchev–Trinajstić information content (AvgIpc) is 3.40. The number of pyridine rings is 1. The van der Waals surface area contributed by atoms with Gasteiger partial charge >= 0.3 is 0 Å². The quantitative estimate of drug-likeness (QED) is 0.440. The van der Waals surface area contributed by atoms with E-state index in [4.69, 9.17) is 5.26 Å². The van der Waals surface area contributed by atoms with E-state index in [1.54, 1.807) is 0 Å². The number of aromatic amines is 1. The van der Waals surface area contributed by atoms with E-state index in [1.165, 1.54) is 61.6 Å². The number of rotatable bonds is 6. The van der Waals surface area contributed by atoms with Crippen LogP contribution in [0.25, 0.3) is 5.57 Å². The van der Waals surface area contributed by atoms with E-state index >= 15 is 0 Å². The lowest BCUT2D eigenvalue weighted by Crippen LogP contribution is -2.17. The maximum absolute atomic E-state index is 12.8. The first-order valence-electron chi connectivity index (χ1n) is 12.7. The molecule has 0 radical (unpaired) electrons. The molecule has 178 valence electrons. The van der Waals surface area contributed by atoms with E-state index in [-0.39, 0.29) is 17.4 Å². The van der Waals surface area contributed by atoms with Crippen molar-refractivity contribution in [2.24, 2.45) is 5.92 Å². The van der Waals surface area contributed by atoms with Gasteiger partial charge in [0, 0.05) is 23.1 Å². The van der Waals surface area contributed by atoms with Crippen LogP contribution in [0.5, 0.6) is 0 Å². The summed E-state index contributed by atoms with van der Waals surface area (Å²) in [6.07, 6.45) is 16.0. The van der Waals surface area contributed by atoms with E-state index in [1.807, 2.05) is 24.4 Å². The van der Waals surface area contributed by atoms with Crippen LogP contribution in [0, 0.1) is 17.2 Å². The van der Waals surface area contributed by atoms with Crippen molar-refractivity contribution in [3.63, 3.8) is 0 Å². The van der Waals surface area contributed by atoms with Crippen LogP contribution in [-0.4, -0.2) is 20.9 Å². The molecule has 1 aromatic carbocycles. The average molecular weight is 466 g/mol. The van der Waals surface area contributed by atoms with Crippen molar-refractivity contribution in [2.75, 3.05) is 5.32 Å². The molecule has 0 unspecified atom stereocenters. The topological polar surface area (TPSA) is 94.5 Å². The number of carbonyl (C=O) groups excluding carboxylic acids is 1. The number of benzene rings is 1. The third kappa shape index (κ3) is 5.51. The van der Waals surface area contributed by atoms with E-state index in [9.17, 15) is 4.79 Å². The summed E-state index contributed by atoms with van der Waals surface area (Å²) in [6, 6.07) is 14.7. The van der Waals surface area contributed by atoms with Gasteiger partial charge in [-0.05, 0) is 105 Å². The lowest BCUT2D eigenvalue weighted by Gasteiger charge is -2.29. The molecule has 5 rings (SSSR count). The summed E-state index contributed by atoms with van der Waals surface area (Å²) in [7, 11) is 0. The number of aromatic nitrogens is 3. The zero-order valence-electron chi connectivity index (χ0n) is 20.0. The Labute approximate surface area is 206 Å². The largest absolute Gasteiger partial charge is 0.326 e. The minimum atomic E-state index is -0.327. The molecule has 2 heterocycles. The van der Waals surface area contributed by atoms with Gasteiger partial charge in [0.2, 0.25) is 0 Å². The fraction of sp³-hybridized carbons (Fsp3) is 0.379. The Hall–Kier alpha value is -3.72. The molecule has 0 spiro atoms. The number of imidazole rings is 1.